The minimum Gasteiger partial charge on any atom is -0.341 e. The van der Waals surface area contributed by atoms with E-state index in [0.29, 0.717) is 5.78 Å². The minimum atomic E-state index is -0.330. The fourth-order valence-electron chi connectivity index (χ4n) is 2.58. The Morgan fingerprint density at radius 3 is 2.62 bits per heavy atom. The topological polar surface area (TPSA) is 85.1 Å². The van der Waals surface area contributed by atoms with Crippen molar-refractivity contribution in [1.82, 2.24) is 29.9 Å². The third-order valence-electron chi connectivity index (χ3n) is 3.93. The summed E-state index contributed by atoms with van der Waals surface area (Å²) in [5.41, 5.74) is 2.77. The molecule has 0 radical (unpaired) electrons. The van der Waals surface area contributed by atoms with Crippen LogP contribution in [-0.4, -0.2) is 30.5 Å². The number of aryl methyl sites for hydroxylation is 2. The fourth-order valence-corrected chi connectivity index (χ4v) is 2.58. The number of hydrogen-bond acceptors (Lipinski definition) is 5. The highest BCUT2D eigenvalue weighted by molar-refractivity contribution is 5.91. The Labute approximate surface area is 140 Å². The van der Waals surface area contributed by atoms with E-state index in [1.807, 2.05) is 45.9 Å². The van der Waals surface area contributed by atoms with E-state index in [0.717, 1.165) is 17.0 Å². The van der Waals surface area contributed by atoms with Crippen molar-refractivity contribution in [2.45, 2.75) is 33.7 Å². The molecule has 1 amide bonds. The van der Waals surface area contributed by atoms with Crippen LogP contribution >= 0.6 is 0 Å². The second-order valence-electron chi connectivity index (χ2n) is 6.13. The van der Waals surface area contributed by atoms with Crippen molar-refractivity contribution in [3.63, 3.8) is 0 Å². The van der Waals surface area contributed by atoms with Gasteiger partial charge in [-0.05, 0) is 37.5 Å². The molecule has 0 aliphatic rings. The second-order valence-corrected chi connectivity index (χ2v) is 6.13. The molecular weight excluding hydrogens is 304 g/mol. The van der Waals surface area contributed by atoms with Crippen LogP contribution in [0.3, 0.4) is 0 Å². The van der Waals surface area contributed by atoms with Gasteiger partial charge >= 0.3 is 0 Å². The lowest BCUT2D eigenvalue weighted by Gasteiger charge is -2.22. The summed E-state index contributed by atoms with van der Waals surface area (Å²) in [6.45, 7) is 7.96. The molecule has 3 aromatic rings. The van der Waals surface area contributed by atoms with Gasteiger partial charge < -0.3 is 5.32 Å². The van der Waals surface area contributed by atoms with Gasteiger partial charge in [-0.2, -0.15) is 4.98 Å². The molecule has 7 nitrogen and oxygen atoms in total. The highest BCUT2D eigenvalue weighted by Crippen LogP contribution is 2.22. The van der Waals surface area contributed by atoms with Crippen LogP contribution in [0.2, 0.25) is 0 Å². The van der Waals surface area contributed by atoms with Gasteiger partial charge in [0, 0.05) is 18.1 Å². The standard InChI is InChI=1S/C17H20N6O/c1-10(2)13(14-11(3)6-5-8-18-14)20-16(24)15-21-17-19-9-7-12(4)23(17)22-15/h5-10,13H,1-4H3,(H,20,24)/t13-/m1/s1. The molecule has 0 aliphatic heterocycles. The summed E-state index contributed by atoms with van der Waals surface area (Å²) >= 11 is 0. The van der Waals surface area contributed by atoms with E-state index in [2.05, 4.69) is 25.4 Å². The zero-order valence-corrected chi connectivity index (χ0v) is 14.2. The molecule has 1 N–H and O–H groups in total. The van der Waals surface area contributed by atoms with E-state index in [4.69, 9.17) is 0 Å². The normalized spacial score (nSPS) is 12.5. The first-order valence-electron chi connectivity index (χ1n) is 7.88. The summed E-state index contributed by atoms with van der Waals surface area (Å²) in [4.78, 5) is 25.4. The van der Waals surface area contributed by atoms with Crippen LogP contribution < -0.4 is 5.32 Å². The third kappa shape index (κ3) is 2.97. The number of amides is 1. The van der Waals surface area contributed by atoms with E-state index < -0.39 is 0 Å². The molecule has 124 valence electrons. The Morgan fingerprint density at radius 2 is 1.96 bits per heavy atom. The van der Waals surface area contributed by atoms with Crippen LogP contribution in [0, 0.1) is 19.8 Å². The van der Waals surface area contributed by atoms with E-state index >= 15 is 0 Å². The van der Waals surface area contributed by atoms with Crippen LogP contribution in [-0.2, 0) is 0 Å². The zero-order chi connectivity index (χ0) is 17.3. The van der Waals surface area contributed by atoms with Crippen molar-refractivity contribution in [1.29, 1.82) is 0 Å². The first-order valence-corrected chi connectivity index (χ1v) is 7.88. The van der Waals surface area contributed by atoms with Crippen LogP contribution in [0.15, 0.2) is 30.6 Å². The quantitative estimate of drug-likeness (QED) is 0.795. The highest BCUT2D eigenvalue weighted by Gasteiger charge is 2.24. The molecule has 0 spiro atoms. The lowest BCUT2D eigenvalue weighted by molar-refractivity contribution is 0.0914. The molecule has 3 heterocycles. The third-order valence-corrected chi connectivity index (χ3v) is 3.93. The Morgan fingerprint density at radius 1 is 1.17 bits per heavy atom. The molecular formula is C17H20N6O. The number of carbonyl (C=O) groups excluding carboxylic acids is 1. The number of carbonyl (C=O) groups is 1. The molecule has 0 saturated carbocycles. The number of nitrogens with one attached hydrogen (secondary N) is 1. The molecule has 0 unspecified atom stereocenters. The number of nitrogens with zero attached hydrogens (tertiary/aromatic N) is 5. The largest absolute Gasteiger partial charge is 0.341 e. The van der Waals surface area contributed by atoms with E-state index in [-0.39, 0.29) is 23.7 Å². The number of rotatable bonds is 4. The van der Waals surface area contributed by atoms with Crippen molar-refractivity contribution in [3.05, 3.63) is 53.4 Å². The van der Waals surface area contributed by atoms with Gasteiger partial charge in [0.2, 0.25) is 5.82 Å². The van der Waals surface area contributed by atoms with E-state index in [1.54, 1.807) is 16.9 Å². The number of fused-ring (bicyclic) bond motifs is 1. The summed E-state index contributed by atoms with van der Waals surface area (Å²) < 4.78 is 1.56. The molecule has 24 heavy (non-hydrogen) atoms. The maximum atomic E-state index is 12.6. The SMILES string of the molecule is Cc1cccnc1[C@H](NC(=O)c1nc2nccc(C)n2n1)C(C)C. The van der Waals surface area contributed by atoms with Gasteiger partial charge in [-0.1, -0.05) is 19.9 Å². The Bertz CT molecular complexity index is 886. The summed E-state index contributed by atoms with van der Waals surface area (Å²) in [6, 6.07) is 5.48. The van der Waals surface area contributed by atoms with Crippen molar-refractivity contribution in [3.8, 4) is 0 Å². The lowest BCUT2D eigenvalue weighted by Crippen LogP contribution is -2.33. The van der Waals surface area contributed by atoms with Crippen LogP contribution in [0.4, 0.5) is 0 Å². The van der Waals surface area contributed by atoms with E-state index in [9.17, 15) is 4.79 Å². The Kier molecular flexibility index (Phi) is 4.24. The average molecular weight is 324 g/mol. The maximum Gasteiger partial charge on any atom is 0.291 e. The van der Waals surface area contributed by atoms with Gasteiger partial charge in [-0.15, -0.1) is 5.10 Å². The van der Waals surface area contributed by atoms with Crippen molar-refractivity contribution in [2.75, 3.05) is 0 Å². The minimum absolute atomic E-state index is 0.107. The molecule has 7 heteroatoms. The van der Waals surface area contributed by atoms with Gasteiger partial charge in [0.1, 0.15) is 0 Å². The van der Waals surface area contributed by atoms with Gasteiger partial charge in [-0.3, -0.25) is 9.78 Å². The van der Waals surface area contributed by atoms with Gasteiger partial charge in [0.05, 0.1) is 11.7 Å². The van der Waals surface area contributed by atoms with Gasteiger partial charge in [0.15, 0.2) is 0 Å². The summed E-state index contributed by atoms with van der Waals surface area (Å²) in [5, 5.41) is 7.25. The predicted octanol–water partition coefficient (Wildman–Crippen LogP) is 2.26. The van der Waals surface area contributed by atoms with Gasteiger partial charge in [0.25, 0.3) is 11.7 Å². The number of pyridine rings is 1. The molecule has 0 fully saturated rings. The number of hydrogen-bond donors (Lipinski definition) is 1. The summed E-state index contributed by atoms with van der Waals surface area (Å²) in [6.07, 6.45) is 3.38. The van der Waals surface area contributed by atoms with Crippen LogP contribution in [0.1, 0.15) is 47.5 Å². The molecule has 0 bridgehead atoms. The first-order chi connectivity index (χ1) is 11.5. The fraction of sp³-hybridized carbons (Fsp3) is 0.353. The monoisotopic (exact) mass is 324 g/mol. The zero-order valence-electron chi connectivity index (χ0n) is 14.2. The average Bonchev–Trinajstić information content (AvgIpc) is 2.99. The van der Waals surface area contributed by atoms with Crippen LogP contribution in [0.5, 0.6) is 0 Å². The first kappa shape index (κ1) is 16.0. The number of aromatic nitrogens is 5. The lowest BCUT2D eigenvalue weighted by atomic mass is 9.97. The molecule has 1 atom stereocenters. The summed E-state index contributed by atoms with van der Waals surface area (Å²) in [7, 11) is 0. The van der Waals surface area contributed by atoms with Crippen molar-refractivity contribution in [2.24, 2.45) is 5.92 Å². The second kappa shape index (κ2) is 6.35. The predicted molar refractivity (Wildman–Crippen MR) is 89.5 cm³/mol. The Balaban J connectivity index is 1.90. The van der Waals surface area contributed by atoms with Gasteiger partial charge in [-0.25, -0.2) is 9.50 Å². The highest BCUT2D eigenvalue weighted by atomic mass is 16.2. The molecule has 0 saturated heterocycles. The van der Waals surface area contributed by atoms with E-state index in [1.165, 1.54) is 0 Å². The smallest absolute Gasteiger partial charge is 0.291 e. The van der Waals surface area contributed by atoms with Crippen molar-refractivity contribution < 1.29 is 4.79 Å². The molecule has 3 rings (SSSR count). The van der Waals surface area contributed by atoms with Crippen molar-refractivity contribution >= 4 is 11.7 Å². The molecule has 0 aliphatic carbocycles. The Hall–Kier alpha value is -2.83. The molecule has 3 aromatic heterocycles. The maximum absolute atomic E-state index is 12.6. The summed E-state index contributed by atoms with van der Waals surface area (Å²) in [5.74, 6) is 0.370. The van der Waals surface area contributed by atoms with Crippen LogP contribution in [0.25, 0.3) is 5.78 Å². The molecule has 0 aromatic carbocycles.